The van der Waals surface area contributed by atoms with Crippen LogP contribution in [0.3, 0.4) is 0 Å². The third-order valence-corrected chi connectivity index (χ3v) is 1.39. The molecule has 1 aromatic heterocycles. The molecule has 0 aliphatic carbocycles. The number of nitrogens with two attached hydrogens (primary N) is 1. The lowest BCUT2D eigenvalue weighted by Crippen LogP contribution is -2.04. The first-order valence-electron chi connectivity index (χ1n) is 2.47. The number of hydrogen-bond acceptors (Lipinski definition) is 7. The molecule has 0 bridgehead atoms. The van der Waals surface area contributed by atoms with Gasteiger partial charge in [-0.1, -0.05) is 5.16 Å². The topological polar surface area (TPSA) is 101 Å². The summed E-state index contributed by atoms with van der Waals surface area (Å²) in [6.45, 7) is 0. The quantitative estimate of drug-likeness (QED) is 0.351. The number of rotatable bonds is 2. The van der Waals surface area contributed by atoms with Crippen LogP contribution >= 0.6 is 11.5 Å². The molecule has 0 spiro atoms. The van der Waals surface area contributed by atoms with Crippen molar-refractivity contribution >= 4 is 28.7 Å². The van der Waals surface area contributed by atoms with Gasteiger partial charge in [-0.25, -0.2) is 0 Å². The zero-order chi connectivity index (χ0) is 8.27. The van der Waals surface area contributed by atoms with Crippen molar-refractivity contribution in [1.29, 1.82) is 0 Å². The van der Waals surface area contributed by atoms with E-state index in [9.17, 15) is 4.79 Å². The zero-order valence-electron chi connectivity index (χ0n) is 5.18. The highest BCUT2D eigenvalue weighted by atomic mass is 32.1. The summed E-state index contributed by atoms with van der Waals surface area (Å²) in [5.74, 6) is -0.00926. The Labute approximate surface area is 65.5 Å². The maximum Gasteiger partial charge on any atom is 0.261 e. The summed E-state index contributed by atoms with van der Waals surface area (Å²) in [7, 11) is 0. The molecule has 0 saturated heterocycles. The lowest BCUT2D eigenvalue weighted by atomic mass is 10.4. The van der Waals surface area contributed by atoms with Crippen molar-refractivity contribution in [3.8, 4) is 0 Å². The van der Waals surface area contributed by atoms with Crippen LogP contribution in [-0.2, 0) is 4.79 Å². The van der Waals surface area contributed by atoms with E-state index in [1.807, 2.05) is 0 Å². The first-order valence-corrected chi connectivity index (χ1v) is 3.25. The molecule has 0 unspecified atom stereocenters. The highest BCUT2D eigenvalue weighted by Crippen LogP contribution is 2.05. The molecule has 0 atom stereocenters. The molecule has 1 radical (unpaired) electrons. The lowest BCUT2D eigenvalue weighted by Gasteiger charge is -1.82. The lowest BCUT2D eigenvalue weighted by molar-refractivity contribution is 0.320. The summed E-state index contributed by atoms with van der Waals surface area (Å²) < 4.78 is 3.61. The molecular formula is C4H3N4O2S. The van der Waals surface area contributed by atoms with Gasteiger partial charge in [0.1, 0.15) is 0 Å². The van der Waals surface area contributed by atoms with Gasteiger partial charge >= 0.3 is 0 Å². The number of oxime groups is 1. The van der Waals surface area contributed by atoms with E-state index in [-0.39, 0.29) is 16.7 Å². The van der Waals surface area contributed by atoms with Gasteiger partial charge in [0, 0.05) is 11.5 Å². The van der Waals surface area contributed by atoms with Gasteiger partial charge in [-0.2, -0.15) is 9.36 Å². The number of anilines is 1. The van der Waals surface area contributed by atoms with E-state index in [0.29, 0.717) is 0 Å². The van der Waals surface area contributed by atoms with E-state index < -0.39 is 0 Å². The average Bonchev–Trinajstić information content (AvgIpc) is 2.39. The van der Waals surface area contributed by atoms with E-state index in [1.54, 1.807) is 0 Å². The fraction of sp³-hybridized carbons (Fsp3) is 0. The first-order chi connectivity index (χ1) is 5.27. The van der Waals surface area contributed by atoms with Crippen molar-refractivity contribution in [2.45, 2.75) is 0 Å². The summed E-state index contributed by atoms with van der Waals surface area (Å²) in [6, 6.07) is 0. The summed E-state index contributed by atoms with van der Waals surface area (Å²) in [5, 5.41) is 11.0. The van der Waals surface area contributed by atoms with Crippen LogP contribution in [0.25, 0.3) is 0 Å². The number of carbonyl (C=O) groups excluding carboxylic acids is 1. The molecule has 3 N–H and O–H groups in total. The van der Waals surface area contributed by atoms with Crippen molar-refractivity contribution < 1.29 is 10.0 Å². The predicted molar refractivity (Wildman–Crippen MR) is 38.3 cm³/mol. The van der Waals surface area contributed by atoms with E-state index in [2.05, 4.69) is 14.5 Å². The van der Waals surface area contributed by atoms with Crippen LogP contribution in [0.1, 0.15) is 5.82 Å². The van der Waals surface area contributed by atoms with Gasteiger partial charge in [-0.05, 0) is 0 Å². The second-order valence-corrected chi connectivity index (χ2v) is 2.29. The summed E-state index contributed by atoms with van der Waals surface area (Å²) in [6.07, 6.45) is 1.36. The molecule has 0 aliphatic rings. The van der Waals surface area contributed by atoms with E-state index in [4.69, 9.17) is 10.9 Å². The van der Waals surface area contributed by atoms with E-state index in [1.165, 1.54) is 6.29 Å². The normalized spacial score (nSPS) is 11.5. The minimum atomic E-state index is -0.349. The van der Waals surface area contributed by atoms with Gasteiger partial charge in [0.25, 0.3) is 6.29 Å². The van der Waals surface area contributed by atoms with Gasteiger partial charge < -0.3 is 10.9 Å². The largest absolute Gasteiger partial charge is 0.410 e. The average molecular weight is 171 g/mol. The number of hydrogen-bond donors (Lipinski definition) is 2. The molecule has 0 aliphatic heterocycles. The second kappa shape index (κ2) is 3.06. The fourth-order valence-electron chi connectivity index (χ4n) is 0.442. The van der Waals surface area contributed by atoms with Crippen molar-refractivity contribution in [2.75, 3.05) is 5.73 Å². The Morgan fingerprint density at radius 1 is 1.82 bits per heavy atom. The summed E-state index contributed by atoms with van der Waals surface area (Å²) in [4.78, 5) is 13.6. The third-order valence-electron chi connectivity index (χ3n) is 0.850. The van der Waals surface area contributed by atoms with Crippen LogP contribution in [0, 0.1) is 0 Å². The van der Waals surface area contributed by atoms with Crippen LogP contribution in [0.15, 0.2) is 5.16 Å². The fourth-order valence-corrected chi connectivity index (χ4v) is 0.877. The zero-order valence-corrected chi connectivity index (χ0v) is 6.00. The smallest absolute Gasteiger partial charge is 0.261 e. The van der Waals surface area contributed by atoms with Gasteiger partial charge in [0.05, 0.1) is 0 Å². The van der Waals surface area contributed by atoms with Crippen LogP contribution in [0.5, 0.6) is 0 Å². The molecular weight excluding hydrogens is 168 g/mol. The number of nitrogen functional groups attached to an aromatic ring is 1. The first kappa shape index (κ1) is 7.61. The number of nitrogens with zero attached hydrogens (tertiary/aromatic N) is 3. The molecule has 0 aromatic carbocycles. The van der Waals surface area contributed by atoms with Crippen molar-refractivity contribution in [2.24, 2.45) is 5.16 Å². The Morgan fingerprint density at radius 3 is 2.91 bits per heavy atom. The molecule has 11 heavy (non-hydrogen) atoms. The molecule has 57 valence electrons. The predicted octanol–water partition coefficient (Wildman–Crippen LogP) is -0.592. The van der Waals surface area contributed by atoms with Gasteiger partial charge in [0.15, 0.2) is 10.8 Å². The van der Waals surface area contributed by atoms with Crippen molar-refractivity contribution in [3.05, 3.63) is 5.82 Å². The minimum Gasteiger partial charge on any atom is -0.410 e. The van der Waals surface area contributed by atoms with Crippen LogP contribution in [-0.4, -0.2) is 26.6 Å². The Kier molecular flexibility index (Phi) is 2.12. The van der Waals surface area contributed by atoms with E-state index >= 15 is 0 Å². The molecule has 1 rings (SSSR count). The standard InChI is InChI=1S/C4H3N4O2S/c5-4-6-3(8-11-4)2(1-9)7-10/h10H,(H2,5,6,8)/b7-2+. The van der Waals surface area contributed by atoms with Crippen LogP contribution < -0.4 is 5.73 Å². The highest BCUT2D eigenvalue weighted by molar-refractivity contribution is 7.09. The Bertz CT molecular complexity index is 294. The molecule has 1 heterocycles. The monoisotopic (exact) mass is 171 g/mol. The van der Waals surface area contributed by atoms with Crippen molar-refractivity contribution in [3.63, 3.8) is 0 Å². The third kappa shape index (κ3) is 1.49. The van der Waals surface area contributed by atoms with E-state index in [0.717, 1.165) is 11.5 Å². The molecule has 6 nitrogen and oxygen atoms in total. The highest BCUT2D eigenvalue weighted by Gasteiger charge is 2.09. The van der Waals surface area contributed by atoms with Gasteiger partial charge in [-0.15, -0.1) is 0 Å². The van der Waals surface area contributed by atoms with Gasteiger partial charge in [-0.3, -0.25) is 4.79 Å². The Balaban J connectivity index is 3.00. The second-order valence-electron chi connectivity index (χ2n) is 1.51. The molecule has 0 saturated carbocycles. The number of aromatic nitrogens is 2. The molecule has 1 aromatic rings. The van der Waals surface area contributed by atoms with Crippen molar-refractivity contribution in [1.82, 2.24) is 9.36 Å². The van der Waals surface area contributed by atoms with Crippen LogP contribution in [0.2, 0.25) is 0 Å². The Morgan fingerprint density at radius 2 is 2.55 bits per heavy atom. The molecule has 0 fully saturated rings. The minimum absolute atomic E-state index is 0.00926. The molecule has 7 heteroatoms. The molecule has 0 amide bonds. The summed E-state index contributed by atoms with van der Waals surface area (Å²) in [5.41, 5.74) is 4.86. The SMILES string of the molecule is Nc1nc(/C([C]=O)=N/O)ns1. The van der Waals surface area contributed by atoms with Crippen LogP contribution in [0.4, 0.5) is 5.13 Å². The maximum absolute atomic E-state index is 10.0. The summed E-state index contributed by atoms with van der Waals surface area (Å²) >= 11 is 0.909. The van der Waals surface area contributed by atoms with Gasteiger partial charge in [0.2, 0.25) is 5.82 Å². The Hall–Kier alpha value is -1.50. The maximum atomic E-state index is 10.0.